The fraction of sp³-hybridized carbons (Fsp3) is 0.579. The van der Waals surface area contributed by atoms with Crippen LogP contribution in [0.2, 0.25) is 0 Å². The summed E-state index contributed by atoms with van der Waals surface area (Å²) < 4.78 is 39.6. The van der Waals surface area contributed by atoms with Crippen molar-refractivity contribution in [2.75, 3.05) is 18.4 Å². The number of alkyl halides is 3. The Balaban J connectivity index is 1.79. The van der Waals surface area contributed by atoms with Crippen molar-refractivity contribution in [1.29, 1.82) is 0 Å². The van der Waals surface area contributed by atoms with E-state index in [1.165, 1.54) is 6.42 Å². The van der Waals surface area contributed by atoms with Crippen molar-refractivity contribution in [3.05, 3.63) is 29.8 Å². The molecule has 0 bridgehead atoms. The summed E-state index contributed by atoms with van der Waals surface area (Å²) in [7, 11) is 0. The number of aliphatic carboxylic acids is 1. The van der Waals surface area contributed by atoms with E-state index in [0.717, 1.165) is 30.6 Å². The van der Waals surface area contributed by atoms with E-state index in [0.29, 0.717) is 5.69 Å². The van der Waals surface area contributed by atoms with Crippen molar-refractivity contribution < 1.29 is 27.9 Å². The summed E-state index contributed by atoms with van der Waals surface area (Å²) in [5, 5.41) is 12.5. The molecule has 2 atom stereocenters. The minimum Gasteiger partial charge on any atom is -0.481 e. The maximum absolute atomic E-state index is 13.2. The van der Waals surface area contributed by atoms with E-state index in [2.05, 4.69) is 5.32 Å². The molecule has 0 unspecified atom stereocenters. The molecule has 0 radical (unpaired) electrons. The Morgan fingerprint density at radius 3 is 2.33 bits per heavy atom. The molecule has 1 aromatic rings. The first kappa shape index (κ1) is 19.5. The van der Waals surface area contributed by atoms with Crippen molar-refractivity contribution in [2.45, 2.75) is 44.3 Å². The normalized spacial score (nSPS) is 24.0. The summed E-state index contributed by atoms with van der Waals surface area (Å²) in [5.41, 5.74) is 0.881. The lowest BCUT2D eigenvalue weighted by Crippen LogP contribution is -2.34. The van der Waals surface area contributed by atoms with Crippen LogP contribution in [0.3, 0.4) is 0 Å². The summed E-state index contributed by atoms with van der Waals surface area (Å²) >= 11 is 0. The third-order valence-corrected chi connectivity index (χ3v) is 5.47. The van der Waals surface area contributed by atoms with Crippen molar-refractivity contribution >= 4 is 17.6 Å². The number of nitrogens with zero attached hydrogens (tertiary/aromatic N) is 1. The fourth-order valence-electron chi connectivity index (χ4n) is 3.98. The first-order valence-corrected chi connectivity index (χ1v) is 9.21. The molecule has 0 spiro atoms. The summed E-state index contributed by atoms with van der Waals surface area (Å²) in [6, 6.07) is 6.98. The zero-order valence-corrected chi connectivity index (χ0v) is 14.8. The summed E-state index contributed by atoms with van der Waals surface area (Å²) in [6.45, 7) is -1.06. The molecule has 0 aromatic heterocycles. The second-order valence-electron chi connectivity index (χ2n) is 7.33. The lowest BCUT2D eigenvalue weighted by molar-refractivity contribution is -0.187. The van der Waals surface area contributed by atoms with Gasteiger partial charge < -0.3 is 15.3 Å². The number of carboxylic acid groups (broad SMARTS) is 1. The van der Waals surface area contributed by atoms with Gasteiger partial charge in [-0.3, -0.25) is 9.59 Å². The van der Waals surface area contributed by atoms with Crippen LogP contribution < -0.4 is 5.32 Å². The third kappa shape index (κ3) is 4.36. The molecule has 8 heteroatoms. The van der Waals surface area contributed by atoms with E-state index >= 15 is 0 Å². The lowest BCUT2D eigenvalue weighted by Gasteiger charge is -2.26. The van der Waals surface area contributed by atoms with Crippen LogP contribution in [0, 0.1) is 11.8 Å². The molecule has 1 saturated carbocycles. The average molecular weight is 384 g/mol. The molecule has 1 heterocycles. The van der Waals surface area contributed by atoms with Gasteiger partial charge in [0, 0.05) is 24.8 Å². The van der Waals surface area contributed by atoms with Crippen LogP contribution in [0.1, 0.15) is 42.5 Å². The molecule has 3 rings (SSSR count). The van der Waals surface area contributed by atoms with E-state index in [9.17, 15) is 22.8 Å². The Morgan fingerprint density at radius 1 is 1.07 bits per heavy atom. The van der Waals surface area contributed by atoms with Crippen molar-refractivity contribution in [2.24, 2.45) is 11.8 Å². The van der Waals surface area contributed by atoms with Gasteiger partial charge in [0.15, 0.2) is 0 Å². The number of amides is 1. The standard InChI is InChI=1S/C19H23F3N2O3/c20-19(21,22)15-11-24(10-14(15)18(26)27)17(25)13-8-4-5-9-16(13)23-12-6-2-1-3-7-12/h4-5,8-9,12,14-15,23H,1-3,6-7,10-11H2,(H,26,27)/t14-,15-/m1/s1. The highest BCUT2D eigenvalue weighted by atomic mass is 19.4. The molecule has 2 aliphatic rings. The third-order valence-electron chi connectivity index (χ3n) is 5.47. The van der Waals surface area contributed by atoms with Crippen LogP contribution in [0.15, 0.2) is 24.3 Å². The number of carbonyl (C=O) groups is 2. The summed E-state index contributed by atoms with van der Waals surface area (Å²) in [5.74, 6) is -5.77. The minimum absolute atomic E-state index is 0.237. The summed E-state index contributed by atoms with van der Waals surface area (Å²) in [4.78, 5) is 25.1. The molecule has 2 N–H and O–H groups in total. The topological polar surface area (TPSA) is 69.6 Å². The van der Waals surface area contributed by atoms with Gasteiger partial charge in [-0.05, 0) is 25.0 Å². The number of anilines is 1. The van der Waals surface area contributed by atoms with Crippen molar-refractivity contribution in [1.82, 2.24) is 4.90 Å². The van der Waals surface area contributed by atoms with Gasteiger partial charge in [-0.2, -0.15) is 13.2 Å². The number of carboxylic acids is 1. The molecular weight excluding hydrogens is 361 g/mol. The lowest BCUT2D eigenvalue weighted by atomic mass is 9.95. The number of carbonyl (C=O) groups excluding carboxylic acids is 1. The quantitative estimate of drug-likeness (QED) is 0.829. The Hall–Kier alpha value is -2.25. The number of nitrogens with one attached hydrogen (secondary N) is 1. The number of hydrogen-bond donors (Lipinski definition) is 2. The number of benzene rings is 1. The second-order valence-corrected chi connectivity index (χ2v) is 7.33. The molecule has 1 aliphatic heterocycles. The van der Waals surface area contributed by atoms with Crippen LogP contribution in [-0.2, 0) is 4.79 Å². The van der Waals surface area contributed by atoms with E-state index < -0.39 is 43.0 Å². The van der Waals surface area contributed by atoms with Gasteiger partial charge in [-0.1, -0.05) is 31.4 Å². The van der Waals surface area contributed by atoms with Gasteiger partial charge in [-0.25, -0.2) is 0 Å². The van der Waals surface area contributed by atoms with E-state index in [1.807, 2.05) is 0 Å². The maximum Gasteiger partial charge on any atom is 0.394 e. The molecule has 27 heavy (non-hydrogen) atoms. The van der Waals surface area contributed by atoms with Crippen LogP contribution in [0.5, 0.6) is 0 Å². The van der Waals surface area contributed by atoms with Crippen LogP contribution in [0.4, 0.5) is 18.9 Å². The van der Waals surface area contributed by atoms with Gasteiger partial charge in [0.2, 0.25) is 0 Å². The molecule has 5 nitrogen and oxygen atoms in total. The first-order chi connectivity index (χ1) is 12.8. The highest BCUT2D eigenvalue weighted by molar-refractivity contribution is 6.00. The SMILES string of the molecule is O=C(O)[C@@H]1CN(C(=O)c2ccccc2NC2CCCCC2)C[C@H]1C(F)(F)F. The smallest absolute Gasteiger partial charge is 0.394 e. The number of hydrogen-bond acceptors (Lipinski definition) is 3. The van der Waals surface area contributed by atoms with Gasteiger partial charge >= 0.3 is 12.1 Å². The molecule has 1 aliphatic carbocycles. The van der Waals surface area contributed by atoms with Gasteiger partial charge in [0.1, 0.15) is 0 Å². The van der Waals surface area contributed by atoms with E-state index in [-0.39, 0.29) is 11.6 Å². The van der Waals surface area contributed by atoms with Gasteiger partial charge in [-0.15, -0.1) is 0 Å². The van der Waals surface area contributed by atoms with E-state index in [1.54, 1.807) is 24.3 Å². The molecule has 148 valence electrons. The fourth-order valence-corrected chi connectivity index (χ4v) is 3.98. The average Bonchev–Trinajstić information content (AvgIpc) is 3.09. The van der Waals surface area contributed by atoms with Crippen molar-refractivity contribution in [3.63, 3.8) is 0 Å². The Morgan fingerprint density at radius 2 is 1.74 bits per heavy atom. The highest BCUT2D eigenvalue weighted by Crippen LogP contribution is 2.38. The predicted octanol–water partition coefficient (Wildman–Crippen LogP) is 3.77. The van der Waals surface area contributed by atoms with Crippen molar-refractivity contribution in [3.8, 4) is 0 Å². The number of likely N-dealkylation sites (tertiary alicyclic amines) is 1. The molecular formula is C19H23F3N2O3. The number of halogens is 3. The Bertz CT molecular complexity index is 702. The first-order valence-electron chi connectivity index (χ1n) is 9.21. The minimum atomic E-state index is -4.65. The monoisotopic (exact) mass is 384 g/mol. The Kier molecular flexibility index (Phi) is 5.62. The number of rotatable bonds is 4. The summed E-state index contributed by atoms with van der Waals surface area (Å²) in [6.07, 6.45) is 0.716. The second kappa shape index (κ2) is 7.78. The molecule has 1 saturated heterocycles. The van der Waals surface area contributed by atoms with Crippen LogP contribution >= 0.6 is 0 Å². The van der Waals surface area contributed by atoms with E-state index in [4.69, 9.17) is 5.11 Å². The van der Waals surface area contributed by atoms with Gasteiger partial charge in [0.25, 0.3) is 5.91 Å². The molecule has 2 fully saturated rings. The Labute approximate surface area is 155 Å². The number of para-hydroxylation sites is 1. The molecule has 1 amide bonds. The van der Waals surface area contributed by atoms with Gasteiger partial charge in [0.05, 0.1) is 17.4 Å². The largest absolute Gasteiger partial charge is 0.481 e. The van der Waals surface area contributed by atoms with Crippen LogP contribution in [0.25, 0.3) is 0 Å². The predicted molar refractivity (Wildman–Crippen MR) is 93.5 cm³/mol. The zero-order valence-electron chi connectivity index (χ0n) is 14.8. The van der Waals surface area contributed by atoms with Crippen LogP contribution in [-0.4, -0.2) is 47.2 Å². The zero-order chi connectivity index (χ0) is 19.6. The maximum atomic E-state index is 13.2. The molecule has 1 aromatic carbocycles. The highest BCUT2D eigenvalue weighted by Gasteiger charge is 2.53.